The molecule has 0 bridgehead atoms. The Balaban J connectivity index is 1.52. The van der Waals surface area contributed by atoms with Crippen LogP contribution in [0.25, 0.3) is 11.1 Å². The van der Waals surface area contributed by atoms with Crippen molar-refractivity contribution in [3.8, 4) is 22.6 Å². The van der Waals surface area contributed by atoms with Crippen LogP contribution in [0.5, 0.6) is 11.5 Å². The van der Waals surface area contributed by atoms with Gasteiger partial charge in [-0.15, -0.1) is 0 Å². The monoisotopic (exact) mass is 435 g/mol. The summed E-state index contributed by atoms with van der Waals surface area (Å²) in [6.07, 6.45) is -1.09. The Morgan fingerprint density at radius 1 is 0.906 bits per heavy atom. The molecule has 32 heavy (non-hydrogen) atoms. The maximum Gasteiger partial charge on any atom is 0.310 e. The third-order valence-corrected chi connectivity index (χ3v) is 4.39. The first kappa shape index (κ1) is 22.3. The molecule has 0 radical (unpaired) electrons. The predicted octanol–water partition coefficient (Wildman–Crippen LogP) is 3.26. The van der Waals surface area contributed by atoms with Crippen LogP contribution in [0.1, 0.15) is 6.92 Å². The Morgan fingerprint density at radius 3 is 2.25 bits per heavy atom. The standard InChI is InChI=1S/C23H21N3O6/c1-16(32-21-14-8-6-12-19(21)26(29)30)23(28)25-24-22(27)15-31-20-13-7-5-11-18(20)17-9-3-2-4-10-17/h2-14,16H,15H2,1H3,(H,24,27)(H,25,28). The van der Waals surface area contributed by atoms with E-state index in [-0.39, 0.29) is 18.0 Å². The quantitative estimate of drug-likeness (QED) is 0.414. The van der Waals surface area contributed by atoms with E-state index in [4.69, 9.17) is 9.47 Å². The molecule has 0 aliphatic rings. The number of hydrogen-bond donors (Lipinski definition) is 2. The molecule has 1 atom stereocenters. The smallest absolute Gasteiger partial charge is 0.310 e. The van der Waals surface area contributed by atoms with E-state index in [1.54, 1.807) is 18.2 Å². The Kier molecular flexibility index (Phi) is 7.37. The summed E-state index contributed by atoms with van der Waals surface area (Å²) in [6.45, 7) is 1.08. The average Bonchev–Trinajstić information content (AvgIpc) is 2.82. The van der Waals surface area contributed by atoms with E-state index in [9.17, 15) is 19.7 Å². The van der Waals surface area contributed by atoms with Gasteiger partial charge in [0.2, 0.25) is 0 Å². The molecule has 0 heterocycles. The van der Waals surface area contributed by atoms with E-state index in [1.165, 1.54) is 25.1 Å². The molecule has 3 aromatic rings. The fraction of sp³-hybridized carbons (Fsp3) is 0.130. The van der Waals surface area contributed by atoms with Crippen LogP contribution in [-0.4, -0.2) is 29.4 Å². The molecule has 0 aliphatic carbocycles. The van der Waals surface area contributed by atoms with Gasteiger partial charge in [-0.2, -0.15) is 0 Å². The number of rotatable bonds is 8. The van der Waals surface area contributed by atoms with E-state index in [0.29, 0.717) is 5.75 Å². The van der Waals surface area contributed by atoms with Crippen LogP contribution in [0, 0.1) is 10.1 Å². The van der Waals surface area contributed by atoms with E-state index in [2.05, 4.69) is 10.9 Å². The highest BCUT2D eigenvalue weighted by molar-refractivity contribution is 5.85. The second kappa shape index (κ2) is 10.6. The van der Waals surface area contributed by atoms with Crippen LogP contribution < -0.4 is 20.3 Å². The van der Waals surface area contributed by atoms with Crippen LogP contribution in [0.4, 0.5) is 5.69 Å². The number of nitrogens with one attached hydrogen (secondary N) is 2. The van der Waals surface area contributed by atoms with Gasteiger partial charge in [0, 0.05) is 11.6 Å². The zero-order valence-corrected chi connectivity index (χ0v) is 17.2. The van der Waals surface area contributed by atoms with Crippen molar-refractivity contribution in [2.75, 3.05) is 6.61 Å². The Labute approximate surface area is 184 Å². The molecule has 2 N–H and O–H groups in total. The third kappa shape index (κ3) is 5.82. The minimum absolute atomic E-state index is 0.0488. The number of amides is 2. The maximum absolute atomic E-state index is 12.2. The molecule has 0 fully saturated rings. The molecular formula is C23H21N3O6. The number of nitrogens with zero attached hydrogens (tertiary/aromatic N) is 1. The van der Waals surface area contributed by atoms with Gasteiger partial charge in [-0.25, -0.2) is 0 Å². The Morgan fingerprint density at radius 2 is 1.53 bits per heavy atom. The number of carbonyl (C=O) groups is 2. The minimum atomic E-state index is -1.09. The van der Waals surface area contributed by atoms with Gasteiger partial charge in [0.25, 0.3) is 11.8 Å². The van der Waals surface area contributed by atoms with Gasteiger partial charge in [0.05, 0.1) is 4.92 Å². The fourth-order valence-corrected chi connectivity index (χ4v) is 2.81. The summed E-state index contributed by atoms with van der Waals surface area (Å²) in [5.74, 6) is -0.791. The molecule has 1 unspecified atom stereocenters. The number of benzene rings is 3. The van der Waals surface area contributed by atoms with Crippen molar-refractivity contribution in [2.24, 2.45) is 0 Å². The number of hydrogen-bond acceptors (Lipinski definition) is 6. The number of para-hydroxylation sites is 3. The molecule has 0 saturated carbocycles. The number of nitro benzene ring substituents is 1. The molecule has 2 amide bonds. The van der Waals surface area contributed by atoms with Crippen molar-refractivity contribution in [1.29, 1.82) is 0 Å². The first-order valence-electron chi connectivity index (χ1n) is 9.71. The van der Waals surface area contributed by atoms with E-state index >= 15 is 0 Å². The van der Waals surface area contributed by atoms with Crippen LogP contribution in [-0.2, 0) is 9.59 Å². The van der Waals surface area contributed by atoms with Crippen LogP contribution >= 0.6 is 0 Å². The van der Waals surface area contributed by atoms with Gasteiger partial charge < -0.3 is 9.47 Å². The summed E-state index contributed by atoms with van der Waals surface area (Å²) in [4.78, 5) is 34.7. The van der Waals surface area contributed by atoms with Gasteiger partial charge >= 0.3 is 5.69 Å². The van der Waals surface area contributed by atoms with Crippen molar-refractivity contribution in [2.45, 2.75) is 13.0 Å². The van der Waals surface area contributed by atoms with E-state index in [1.807, 2.05) is 42.5 Å². The first-order chi connectivity index (χ1) is 15.5. The van der Waals surface area contributed by atoms with Crippen LogP contribution in [0.3, 0.4) is 0 Å². The number of nitro groups is 1. The Hall–Kier alpha value is -4.40. The van der Waals surface area contributed by atoms with Crippen LogP contribution in [0.2, 0.25) is 0 Å². The molecule has 9 heteroatoms. The lowest BCUT2D eigenvalue weighted by atomic mass is 10.1. The highest BCUT2D eigenvalue weighted by Gasteiger charge is 2.21. The number of ether oxygens (including phenoxy) is 2. The predicted molar refractivity (Wildman–Crippen MR) is 117 cm³/mol. The summed E-state index contributed by atoms with van der Waals surface area (Å²) < 4.78 is 11.0. The van der Waals surface area contributed by atoms with Gasteiger partial charge in [0.1, 0.15) is 5.75 Å². The molecule has 0 aromatic heterocycles. The van der Waals surface area contributed by atoms with Crippen molar-refractivity contribution < 1.29 is 24.0 Å². The summed E-state index contributed by atoms with van der Waals surface area (Å²) >= 11 is 0. The minimum Gasteiger partial charge on any atom is -0.483 e. The van der Waals surface area contributed by atoms with Crippen LogP contribution in [0.15, 0.2) is 78.9 Å². The summed E-state index contributed by atoms with van der Waals surface area (Å²) in [6, 6.07) is 22.6. The number of carbonyl (C=O) groups excluding carboxylic acids is 2. The second-order valence-corrected chi connectivity index (χ2v) is 6.67. The van der Waals surface area contributed by atoms with Gasteiger partial charge in [-0.05, 0) is 24.6 Å². The maximum atomic E-state index is 12.2. The highest BCUT2D eigenvalue weighted by Crippen LogP contribution is 2.29. The first-order valence-corrected chi connectivity index (χ1v) is 9.71. The molecule has 9 nitrogen and oxygen atoms in total. The third-order valence-electron chi connectivity index (χ3n) is 4.39. The van der Waals surface area contributed by atoms with Crippen molar-refractivity contribution in [3.05, 3.63) is 89.0 Å². The topological polar surface area (TPSA) is 120 Å². The molecular weight excluding hydrogens is 414 g/mol. The largest absolute Gasteiger partial charge is 0.483 e. The SMILES string of the molecule is CC(Oc1ccccc1[N+](=O)[O-])C(=O)NNC(=O)COc1ccccc1-c1ccccc1. The zero-order valence-electron chi connectivity index (χ0n) is 17.2. The summed E-state index contributed by atoms with van der Waals surface area (Å²) in [5, 5.41) is 11.0. The lowest BCUT2D eigenvalue weighted by molar-refractivity contribution is -0.386. The summed E-state index contributed by atoms with van der Waals surface area (Å²) in [5.41, 5.74) is 5.97. The molecule has 0 saturated heterocycles. The van der Waals surface area contributed by atoms with Gasteiger partial charge in [-0.1, -0.05) is 60.7 Å². The van der Waals surface area contributed by atoms with Crippen molar-refractivity contribution >= 4 is 17.5 Å². The van der Waals surface area contributed by atoms with E-state index < -0.39 is 22.8 Å². The normalized spacial score (nSPS) is 11.2. The van der Waals surface area contributed by atoms with Crippen molar-refractivity contribution in [1.82, 2.24) is 10.9 Å². The van der Waals surface area contributed by atoms with Gasteiger partial charge in [-0.3, -0.25) is 30.6 Å². The zero-order chi connectivity index (χ0) is 22.9. The Bertz CT molecular complexity index is 1100. The van der Waals surface area contributed by atoms with E-state index in [0.717, 1.165) is 11.1 Å². The fourth-order valence-electron chi connectivity index (χ4n) is 2.81. The molecule has 3 rings (SSSR count). The van der Waals surface area contributed by atoms with Gasteiger partial charge in [0.15, 0.2) is 18.5 Å². The molecule has 3 aromatic carbocycles. The molecule has 0 aliphatic heterocycles. The molecule has 0 spiro atoms. The lowest BCUT2D eigenvalue weighted by Gasteiger charge is -2.15. The van der Waals surface area contributed by atoms with Crippen molar-refractivity contribution in [3.63, 3.8) is 0 Å². The highest BCUT2D eigenvalue weighted by atomic mass is 16.6. The molecule has 164 valence electrons. The second-order valence-electron chi connectivity index (χ2n) is 6.67. The lowest BCUT2D eigenvalue weighted by Crippen LogP contribution is -2.48. The number of hydrazine groups is 1. The average molecular weight is 435 g/mol. The summed E-state index contributed by atoms with van der Waals surface area (Å²) in [7, 11) is 0.